The van der Waals surface area contributed by atoms with Crippen molar-refractivity contribution in [1.82, 2.24) is 9.80 Å². The first-order chi connectivity index (χ1) is 12.4. The van der Waals surface area contributed by atoms with Crippen molar-refractivity contribution in [3.63, 3.8) is 0 Å². The fourth-order valence-electron chi connectivity index (χ4n) is 5.27. The van der Waals surface area contributed by atoms with Gasteiger partial charge in [0, 0.05) is 12.8 Å². The summed E-state index contributed by atoms with van der Waals surface area (Å²) in [6.45, 7) is 2.35. The molecule has 6 rings (SSSR count). The molecule has 4 nitrogen and oxygen atoms in total. The van der Waals surface area contributed by atoms with Crippen LogP contribution in [0.25, 0.3) is 0 Å². The van der Waals surface area contributed by atoms with E-state index in [-0.39, 0.29) is 0 Å². The SMILES string of the molecule is c1ccc2c(c1)C[C@@H]1OCN(CN3CO[C@H]4Cc5ccccc5[C@H]43)[C@H]21. The Morgan fingerprint density at radius 3 is 1.72 bits per heavy atom. The number of benzene rings is 2. The Bertz CT molecular complexity index is 756. The van der Waals surface area contributed by atoms with E-state index >= 15 is 0 Å². The van der Waals surface area contributed by atoms with E-state index in [2.05, 4.69) is 58.3 Å². The first-order valence-electron chi connectivity index (χ1n) is 9.25. The molecule has 4 aliphatic rings. The summed E-state index contributed by atoms with van der Waals surface area (Å²) >= 11 is 0. The molecule has 4 atom stereocenters. The molecular weight excluding hydrogens is 312 g/mol. The van der Waals surface area contributed by atoms with Gasteiger partial charge >= 0.3 is 0 Å². The van der Waals surface area contributed by atoms with Gasteiger partial charge in [-0.1, -0.05) is 48.5 Å². The highest BCUT2D eigenvalue weighted by molar-refractivity contribution is 5.38. The molecule has 2 heterocycles. The van der Waals surface area contributed by atoms with Gasteiger partial charge in [-0.05, 0) is 22.3 Å². The average Bonchev–Trinajstić information content (AvgIpc) is 3.36. The zero-order valence-electron chi connectivity index (χ0n) is 14.2. The van der Waals surface area contributed by atoms with Gasteiger partial charge in [-0.15, -0.1) is 0 Å². The van der Waals surface area contributed by atoms with E-state index in [0.29, 0.717) is 24.3 Å². The highest BCUT2D eigenvalue weighted by Gasteiger charge is 2.46. The molecule has 2 aromatic rings. The van der Waals surface area contributed by atoms with Crippen LogP contribution in [0, 0.1) is 0 Å². The molecule has 128 valence electrons. The second-order valence-corrected chi connectivity index (χ2v) is 7.68. The lowest BCUT2D eigenvalue weighted by Gasteiger charge is -2.30. The standard InChI is InChI=1S/C21H22N2O2/c1-3-7-16-14(5-1)9-18-20(16)22(12-24-18)11-23-13-25-19-10-15-6-2-4-8-17(15)21(19)23/h1-8,18-21H,9-13H2/t18-,19-,20+,21+/m0/s1. The van der Waals surface area contributed by atoms with Gasteiger partial charge in [-0.3, -0.25) is 9.80 Å². The molecule has 0 amide bonds. The molecule has 0 saturated carbocycles. The van der Waals surface area contributed by atoms with Gasteiger partial charge in [0.25, 0.3) is 0 Å². The molecule has 2 saturated heterocycles. The van der Waals surface area contributed by atoms with Crippen LogP contribution in [0.1, 0.15) is 34.3 Å². The van der Waals surface area contributed by atoms with Crippen molar-refractivity contribution in [3.8, 4) is 0 Å². The van der Waals surface area contributed by atoms with Crippen LogP contribution in [0.15, 0.2) is 48.5 Å². The van der Waals surface area contributed by atoms with Crippen LogP contribution in [0.3, 0.4) is 0 Å². The van der Waals surface area contributed by atoms with Crippen molar-refractivity contribution in [2.75, 3.05) is 20.1 Å². The van der Waals surface area contributed by atoms with Crippen LogP contribution in [0.2, 0.25) is 0 Å². The van der Waals surface area contributed by atoms with Crippen LogP contribution in [-0.2, 0) is 22.3 Å². The molecule has 0 radical (unpaired) electrons. The van der Waals surface area contributed by atoms with Crippen LogP contribution >= 0.6 is 0 Å². The normalized spacial score (nSPS) is 33.3. The third-order valence-electron chi connectivity index (χ3n) is 6.35. The lowest BCUT2D eigenvalue weighted by atomic mass is 10.1. The van der Waals surface area contributed by atoms with Gasteiger partial charge in [-0.25, -0.2) is 0 Å². The zero-order chi connectivity index (χ0) is 16.4. The van der Waals surface area contributed by atoms with E-state index in [1.165, 1.54) is 22.3 Å². The Balaban J connectivity index is 1.28. The van der Waals surface area contributed by atoms with E-state index in [1.54, 1.807) is 0 Å². The quantitative estimate of drug-likeness (QED) is 0.843. The minimum Gasteiger partial charge on any atom is -0.360 e. The van der Waals surface area contributed by atoms with Crippen molar-refractivity contribution in [1.29, 1.82) is 0 Å². The lowest BCUT2D eigenvalue weighted by molar-refractivity contribution is 0.0417. The molecule has 4 heteroatoms. The number of rotatable bonds is 2. The summed E-state index contributed by atoms with van der Waals surface area (Å²) in [6, 6.07) is 18.4. The van der Waals surface area contributed by atoms with Gasteiger partial charge in [0.15, 0.2) is 0 Å². The van der Waals surface area contributed by atoms with Gasteiger partial charge < -0.3 is 9.47 Å². The van der Waals surface area contributed by atoms with Crippen molar-refractivity contribution in [2.24, 2.45) is 0 Å². The van der Waals surface area contributed by atoms with E-state index in [0.717, 1.165) is 33.0 Å². The Labute approximate surface area is 147 Å². The summed E-state index contributed by atoms with van der Waals surface area (Å²) in [5, 5.41) is 0. The van der Waals surface area contributed by atoms with Crippen LogP contribution in [0.4, 0.5) is 0 Å². The summed E-state index contributed by atoms with van der Waals surface area (Å²) in [7, 11) is 0. The molecule has 2 aromatic carbocycles. The summed E-state index contributed by atoms with van der Waals surface area (Å²) in [5.74, 6) is 0. The molecule has 0 spiro atoms. The van der Waals surface area contributed by atoms with Gasteiger partial charge in [-0.2, -0.15) is 0 Å². The fourth-order valence-corrected chi connectivity index (χ4v) is 5.27. The minimum absolute atomic E-state index is 0.313. The molecule has 0 aromatic heterocycles. The first kappa shape index (κ1) is 14.4. The van der Waals surface area contributed by atoms with Crippen LogP contribution in [0.5, 0.6) is 0 Å². The van der Waals surface area contributed by atoms with Crippen molar-refractivity contribution >= 4 is 0 Å². The Hall–Kier alpha value is -1.72. The molecule has 0 bridgehead atoms. The van der Waals surface area contributed by atoms with Crippen LogP contribution < -0.4 is 0 Å². The zero-order valence-corrected chi connectivity index (χ0v) is 14.2. The van der Waals surface area contributed by atoms with E-state index in [9.17, 15) is 0 Å². The van der Waals surface area contributed by atoms with E-state index < -0.39 is 0 Å². The van der Waals surface area contributed by atoms with E-state index in [1.807, 2.05) is 0 Å². The van der Waals surface area contributed by atoms with Crippen molar-refractivity contribution in [2.45, 2.75) is 37.1 Å². The minimum atomic E-state index is 0.313. The lowest BCUT2D eigenvalue weighted by Crippen LogP contribution is -2.38. The summed E-state index contributed by atoms with van der Waals surface area (Å²) in [4.78, 5) is 4.98. The largest absolute Gasteiger partial charge is 0.360 e. The maximum absolute atomic E-state index is 6.12. The third-order valence-corrected chi connectivity index (χ3v) is 6.35. The monoisotopic (exact) mass is 334 g/mol. The van der Waals surface area contributed by atoms with E-state index in [4.69, 9.17) is 9.47 Å². The molecule has 2 fully saturated rings. The number of hydrogen-bond donors (Lipinski definition) is 0. The molecular formula is C21H22N2O2. The van der Waals surface area contributed by atoms with Gasteiger partial charge in [0.2, 0.25) is 0 Å². The number of fused-ring (bicyclic) bond motifs is 6. The summed E-state index contributed by atoms with van der Waals surface area (Å²) in [5.41, 5.74) is 5.80. The highest BCUT2D eigenvalue weighted by atomic mass is 16.5. The number of nitrogens with zero attached hydrogens (tertiary/aromatic N) is 2. The highest BCUT2D eigenvalue weighted by Crippen LogP contribution is 2.45. The molecule has 25 heavy (non-hydrogen) atoms. The first-order valence-corrected chi connectivity index (χ1v) is 9.25. The summed E-state index contributed by atoms with van der Waals surface area (Å²) < 4.78 is 12.2. The van der Waals surface area contributed by atoms with Crippen LogP contribution in [-0.4, -0.2) is 42.1 Å². The maximum atomic E-state index is 6.12. The third kappa shape index (κ3) is 2.09. The van der Waals surface area contributed by atoms with Crippen molar-refractivity contribution < 1.29 is 9.47 Å². The smallest absolute Gasteiger partial charge is 0.101 e. The number of ether oxygens (including phenoxy) is 2. The molecule has 2 aliphatic heterocycles. The summed E-state index contributed by atoms with van der Waals surface area (Å²) in [6.07, 6.45) is 2.71. The van der Waals surface area contributed by atoms with Gasteiger partial charge in [0.05, 0.1) is 31.0 Å². The molecule has 2 aliphatic carbocycles. The Kier molecular flexibility index (Phi) is 3.11. The predicted molar refractivity (Wildman–Crippen MR) is 93.8 cm³/mol. The molecule has 0 N–H and O–H groups in total. The molecule has 0 unspecified atom stereocenters. The van der Waals surface area contributed by atoms with Crippen molar-refractivity contribution in [3.05, 3.63) is 70.8 Å². The Morgan fingerprint density at radius 1 is 0.720 bits per heavy atom. The predicted octanol–water partition coefficient (Wildman–Crippen LogP) is 2.86. The Morgan fingerprint density at radius 2 is 1.20 bits per heavy atom. The maximum Gasteiger partial charge on any atom is 0.101 e. The number of hydrogen-bond acceptors (Lipinski definition) is 4. The second kappa shape index (κ2) is 5.39. The second-order valence-electron chi connectivity index (χ2n) is 7.68. The fraction of sp³-hybridized carbons (Fsp3) is 0.429. The average molecular weight is 334 g/mol. The van der Waals surface area contributed by atoms with Gasteiger partial charge in [0.1, 0.15) is 13.5 Å². The topological polar surface area (TPSA) is 24.9 Å².